The van der Waals surface area contributed by atoms with Crippen LogP contribution < -0.4 is 16.2 Å². The standard InChI is InChI=1S/C29H26N8O3/c1-36(2)15-21-5-8-23(9-6-21)34-29-32-13-22-12-20(7-10-26(22)35-29)4-3-11-31-27(38)25-14-30-18-37(28(25)39)16-24-17-40-19-33-24/h5-10,12-14,17-19H,11,15-16H2,1-2H3,(H,31,38)(H,32,34,35). The number of rotatable bonds is 8. The third-order valence-electron chi connectivity index (χ3n) is 5.82. The van der Waals surface area contributed by atoms with Gasteiger partial charge in [-0.1, -0.05) is 24.0 Å². The van der Waals surface area contributed by atoms with Crippen molar-refractivity contribution in [1.29, 1.82) is 0 Å². The zero-order chi connectivity index (χ0) is 27.9. The fourth-order valence-corrected chi connectivity index (χ4v) is 3.93. The van der Waals surface area contributed by atoms with Crippen LogP contribution in [-0.4, -0.2) is 56.0 Å². The van der Waals surface area contributed by atoms with Gasteiger partial charge in [-0.3, -0.25) is 14.2 Å². The van der Waals surface area contributed by atoms with E-state index in [-0.39, 0.29) is 18.7 Å². The van der Waals surface area contributed by atoms with E-state index in [4.69, 9.17) is 4.42 Å². The molecule has 11 nitrogen and oxygen atoms in total. The number of aromatic nitrogens is 5. The minimum Gasteiger partial charge on any atom is -0.451 e. The van der Waals surface area contributed by atoms with E-state index in [1.807, 2.05) is 44.4 Å². The van der Waals surface area contributed by atoms with Crippen LogP contribution in [0.4, 0.5) is 11.6 Å². The Morgan fingerprint density at radius 2 is 1.95 bits per heavy atom. The maximum absolute atomic E-state index is 12.6. The van der Waals surface area contributed by atoms with Crippen LogP contribution in [0, 0.1) is 11.8 Å². The molecule has 11 heteroatoms. The second kappa shape index (κ2) is 12.0. The zero-order valence-electron chi connectivity index (χ0n) is 22.0. The van der Waals surface area contributed by atoms with Gasteiger partial charge in [0.1, 0.15) is 11.8 Å². The summed E-state index contributed by atoms with van der Waals surface area (Å²) in [5.74, 6) is 5.87. The first kappa shape index (κ1) is 26.3. The van der Waals surface area contributed by atoms with Crippen LogP contribution in [0.5, 0.6) is 0 Å². The van der Waals surface area contributed by atoms with E-state index in [0.29, 0.717) is 11.6 Å². The molecule has 200 valence electrons. The molecule has 3 heterocycles. The molecule has 0 fully saturated rings. The lowest BCUT2D eigenvalue weighted by atomic mass is 10.1. The Hall–Kier alpha value is -5.34. The van der Waals surface area contributed by atoms with Crippen LogP contribution in [0.15, 0.2) is 83.1 Å². The molecule has 5 rings (SSSR count). The summed E-state index contributed by atoms with van der Waals surface area (Å²) < 4.78 is 6.21. The van der Waals surface area contributed by atoms with Crippen LogP contribution in [-0.2, 0) is 13.1 Å². The van der Waals surface area contributed by atoms with Crippen molar-refractivity contribution in [3.63, 3.8) is 0 Å². The molecule has 40 heavy (non-hydrogen) atoms. The Morgan fingerprint density at radius 1 is 1.10 bits per heavy atom. The Balaban J connectivity index is 1.19. The van der Waals surface area contributed by atoms with Crippen LogP contribution in [0.1, 0.15) is 27.2 Å². The number of amides is 1. The quantitative estimate of drug-likeness (QED) is 0.289. The summed E-state index contributed by atoms with van der Waals surface area (Å²) in [6.07, 6.45) is 7.02. The van der Waals surface area contributed by atoms with Gasteiger partial charge in [0, 0.05) is 35.6 Å². The van der Waals surface area contributed by atoms with Gasteiger partial charge >= 0.3 is 0 Å². The third kappa shape index (κ3) is 6.56. The molecule has 2 aromatic carbocycles. The number of hydrogen-bond acceptors (Lipinski definition) is 9. The van der Waals surface area contributed by atoms with E-state index in [1.54, 1.807) is 6.20 Å². The average Bonchev–Trinajstić information content (AvgIpc) is 3.46. The molecule has 0 unspecified atom stereocenters. The van der Waals surface area contributed by atoms with Gasteiger partial charge in [0.2, 0.25) is 5.95 Å². The predicted octanol–water partition coefficient (Wildman–Crippen LogP) is 2.81. The molecular formula is C29H26N8O3. The molecule has 0 spiro atoms. The summed E-state index contributed by atoms with van der Waals surface area (Å²) in [6.45, 7) is 1.08. The van der Waals surface area contributed by atoms with Gasteiger partial charge in [-0.25, -0.2) is 19.9 Å². The van der Waals surface area contributed by atoms with E-state index in [2.05, 4.69) is 59.4 Å². The maximum Gasteiger partial charge on any atom is 0.266 e. The Morgan fingerprint density at radius 3 is 2.73 bits per heavy atom. The molecule has 3 aromatic heterocycles. The fourth-order valence-electron chi connectivity index (χ4n) is 3.93. The lowest BCUT2D eigenvalue weighted by Gasteiger charge is -2.10. The smallest absolute Gasteiger partial charge is 0.266 e. The van der Waals surface area contributed by atoms with Crippen LogP contribution in [0.2, 0.25) is 0 Å². The number of fused-ring (bicyclic) bond motifs is 1. The first-order chi connectivity index (χ1) is 19.4. The molecule has 0 saturated heterocycles. The van der Waals surface area contributed by atoms with E-state index >= 15 is 0 Å². The molecule has 0 bridgehead atoms. The van der Waals surface area contributed by atoms with Crippen LogP contribution in [0.3, 0.4) is 0 Å². The molecule has 2 N–H and O–H groups in total. The Bertz CT molecular complexity index is 1750. The highest BCUT2D eigenvalue weighted by Crippen LogP contribution is 2.18. The summed E-state index contributed by atoms with van der Waals surface area (Å²) in [6, 6.07) is 13.8. The fraction of sp³-hybridized carbons (Fsp3) is 0.172. The lowest BCUT2D eigenvalue weighted by molar-refractivity contribution is 0.0956. The third-order valence-corrected chi connectivity index (χ3v) is 5.82. The van der Waals surface area contributed by atoms with Crippen LogP contribution in [0.25, 0.3) is 10.9 Å². The van der Waals surface area contributed by atoms with Crippen molar-refractivity contribution in [3.8, 4) is 11.8 Å². The number of anilines is 2. The lowest BCUT2D eigenvalue weighted by Crippen LogP contribution is -2.33. The molecule has 0 saturated carbocycles. The topological polar surface area (TPSA) is 131 Å². The minimum absolute atomic E-state index is 0.0567. The monoisotopic (exact) mass is 534 g/mol. The highest BCUT2D eigenvalue weighted by atomic mass is 16.3. The number of nitrogens with zero attached hydrogens (tertiary/aromatic N) is 6. The summed E-state index contributed by atoms with van der Waals surface area (Å²) in [7, 11) is 4.08. The normalized spacial score (nSPS) is 10.8. The van der Waals surface area contributed by atoms with Crippen LogP contribution >= 0.6 is 0 Å². The largest absolute Gasteiger partial charge is 0.451 e. The SMILES string of the molecule is CN(C)Cc1ccc(Nc2ncc3cc(C#CCNC(=O)c4cncn(Cc5cocn5)c4=O)ccc3n2)cc1. The van der Waals surface area contributed by atoms with Gasteiger partial charge in [0.05, 0.1) is 30.6 Å². The van der Waals surface area contributed by atoms with Gasteiger partial charge in [0.25, 0.3) is 11.5 Å². The van der Waals surface area contributed by atoms with E-state index in [1.165, 1.54) is 35.3 Å². The van der Waals surface area contributed by atoms with Crippen molar-refractivity contribution < 1.29 is 9.21 Å². The molecule has 0 aliphatic heterocycles. The second-order valence-corrected chi connectivity index (χ2v) is 9.23. The molecule has 0 aliphatic rings. The zero-order valence-corrected chi connectivity index (χ0v) is 22.0. The van der Waals surface area contributed by atoms with E-state index < -0.39 is 11.5 Å². The molecule has 5 aromatic rings. The average molecular weight is 535 g/mol. The summed E-state index contributed by atoms with van der Waals surface area (Å²) in [5.41, 5.74) is 3.65. The second-order valence-electron chi connectivity index (χ2n) is 9.23. The first-order valence-corrected chi connectivity index (χ1v) is 12.4. The van der Waals surface area contributed by atoms with Gasteiger partial charge in [0.15, 0.2) is 6.39 Å². The van der Waals surface area contributed by atoms with Gasteiger partial charge in [-0.15, -0.1) is 0 Å². The Kier molecular flexibility index (Phi) is 7.89. The number of carbonyl (C=O) groups is 1. The summed E-state index contributed by atoms with van der Waals surface area (Å²) in [4.78, 5) is 44.3. The predicted molar refractivity (Wildman–Crippen MR) is 150 cm³/mol. The molecule has 0 aliphatic carbocycles. The van der Waals surface area contributed by atoms with Crippen molar-refractivity contribution in [1.82, 2.24) is 34.7 Å². The molecule has 1 amide bonds. The highest BCUT2D eigenvalue weighted by Gasteiger charge is 2.13. The van der Waals surface area contributed by atoms with Crippen molar-refractivity contribution in [2.24, 2.45) is 0 Å². The van der Waals surface area contributed by atoms with Crippen molar-refractivity contribution >= 4 is 28.4 Å². The van der Waals surface area contributed by atoms with Gasteiger partial charge in [-0.05, 0) is 50.0 Å². The Labute approximate surface area is 229 Å². The van der Waals surface area contributed by atoms with Gasteiger partial charge < -0.3 is 20.0 Å². The number of benzene rings is 2. The summed E-state index contributed by atoms with van der Waals surface area (Å²) in [5, 5.41) is 6.72. The van der Waals surface area contributed by atoms with E-state index in [9.17, 15) is 9.59 Å². The highest BCUT2D eigenvalue weighted by molar-refractivity contribution is 5.93. The minimum atomic E-state index is -0.555. The molecule has 0 radical (unpaired) electrons. The number of nitrogens with one attached hydrogen (secondary N) is 2. The van der Waals surface area contributed by atoms with Crippen molar-refractivity contribution in [2.75, 3.05) is 26.0 Å². The van der Waals surface area contributed by atoms with E-state index in [0.717, 1.165) is 28.7 Å². The maximum atomic E-state index is 12.6. The number of oxazole rings is 1. The van der Waals surface area contributed by atoms with Crippen molar-refractivity contribution in [3.05, 3.63) is 107 Å². The summed E-state index contributed by atoms with van der Waals surface area (Å²) >= 11 is 0. The van der Waals surface area contributed by atoms with Gasteiger partial charge in [-0.2, -0.15) is 0 Å². The number of carbonyl (C=O) groups excluding carboxylic acids is 1. The number of hydrogen-bond donors (Lipinski definition) is 2. The molecular weight excluding hydrogens is 508 g/mol. The van der Waals surface area contributed by atoms with Crippen molar-refractivity contribution in [2.45, 2.75) is 13.1 Å². The first-order valence-electron chi connectivity index (χ1n) is 12.4. The molecule has 0 atom stereocenters.